The van der Waals surface area contributed by atoms with E-state index in [1.165, 1.54) is 0 Å². The first kappa shape index (κ1) is 21.2. The lowest BCUT2D eigenvalue weighted by atomic mass is 10.1. The van der Waals surface area contributed by atoms with Gasteiger partial charge in [0.1, 0.15) is 11.7 Å². The molecule has 1 fully saturated rings. The smallest absolute Gasteiger partial charge is 0.410 e. The monoisotopic (exact) mass is 385 g/mol. The molecule has 1 aliphatic heterocycles. The number of hydrogen-bond acceptors (Lipinski definition) is 7. The Morgan fingerprint density at radius 3 is 2.61 bits per heavy atom. The van der Waals surface area contributed by atoms with Gasteiger partial charge in [-0.3, -0.25) is 15.7 Å². The molecule has 1 aromatic carbocycles. The maximum absolute atomic E-state index is 12.1. The molecule has 4 N–H and O–H groups in total. The van der Waals surface area contributed by atoms with Gasteiger partial charge < -0.3 is 15.4 Å². The zero-order valence-electron chi connectivity index (χ0n) is 16.5. The van der Waals surface area contributed by atoms with Gasteiger partial charge in [-0.05, 0) is 38.5 Å². The van der Waals surface area contributed by atoms with Crippen LogP contribution in [0.3, 0.4) is 0 Å². The molecule has 1 amide bonds. The van der Waals surface area contributed by atoms with E-state index in [1.807, 2.05) is 45.0 Å². The Kier molecular flexibility index (Phi) is 6.95. The molecule has 1 aromatic rings. The summed E-state index contributed by atoms with van der Waals surface area (Å²) >= 11 is 0. The van der Waals surface area contributed by atoms with Gasteiger partial charge in [0.05, 0.1) is 5.69 Å². The Bertz CT molecular complexity index is 784. The summed E-state index contributed by atoms with van der Waals surface area (Å²) in [6.07, 6.45) is -0.269. The summed E-state index contributed by atoms with van der Waals surface area (Å²) in [5.74, 6) is -0.381. The van der Waals surface area contributed by atoms with Crippen molar-refractivity contribution >= 4 is 23.3 Å². The van der Waals surface area contributed by atoms with Crippen LogP contribution in [0.4, 0.5) is 10.5 Å². The fourth-order valence-corrected chi connectivity index (χ4v) is 2.68. The first-order chi connectivity index (χ1) is 13.2. The van der Waals surface area contributed by atoms with E-state index in [0.717, 1.165) is 25.2 Å². The number of amides is 1. The maximum Gasteiger partial charge on any atom is 0.410 e. The summed E-state index contributed by atoms with van der Waals surface area (Å²) in [5, 5.41) is 20.0. The lowest BCUT2D eigenvalue weighted by Gasteiger charge is -2.35. The number of nitrogens with one attached hydrogen (secondary N) is 2. The second kappa shape index (κ2) is 9.19. The van der Waals surface area contributed by atoms with Crippen LogP contribution in [0.2, 0.25) is 0 Å². The number of piperazine rings is 1. The minimum absolute atomic E-state index is 0.163. The highest BCUT2D eigenvalue weighted by atomic mass is 16.6. The number of hydrogen-bond donors (Lipinski definition) is 3. The van der Waals surface area contributed by atoms with Crippen molar-refractivity contribution in [2.75, 3.05) is 31.6 Å². The second-order valence-corrected chi connectivity index (χ2v) is 7.54. The molecule has 0 unspecified atom stereocenters. The molecule has 150 valence electrons. The molecule has 0 saturated carbocycles. The number of hydrazone groups is 1. The summed E-state index contributed by atoms with van der Waals surface area (Å²) in [7, 11) is 0. The van der Waals surface area contributed by atoms with E-state index in [0.29, 0.717) is 18.8 Å². The van der Waals surface area contributed by atoms with E-state index in [4.69, 9.17) is 21.1 Å². The first-order valence-electron chi connectivity index (χ1n) is 9.05. The van der Waals surface area contributed by atoms with E-state index in [2.05, 4.69) is 15.4 Å². The molecule has 0 spiro atoms. The van der Waals surface area contributed by atoms with Gasteiger partial charge in [-0.1, -0.05) is 12.1 Å². The summed E-state index contributed by atoms with van der Waals surface area (Å²) in [6, 6.07) is 9.42. The molecular weight excluding hydrogens is 358 g/mol. The van der Waals surface area contributed by atoms with Gasteiger partial charge in [0.15, 0.2) is 5.84 Å². The van der Waals surface area contributed by atoms with Crippen LogP contribution in [0.15, 0.2) is 29.4 Å². The van der Waals surface area contributed by atoms with Crippen molar-refractivity contribution in [1.29, 1.82) is 10.7 Å². The zero-order chi connectivity index (χ0) is 20.7. The number of carbonyl (C=O) groups excluding carboxylic acids is 1. The molecule has 1 saturated heterocycles. The Balaban J connectivity index is 1.89. The number of nitriles is 1. The van der Waals surface area contributed by atoms with Gasteiger partial charge in [-0.25, -0.2) is 4.79 Å². The number of amidine groups is 1. The minimum Gasteiger partial charge on any atom is -0.444 e. The van der Waals surface area contributed by atoms with Crippen LogP contribution in [0.25, 0.3) is 0 Å². The lowest BCUT2D eigenvalue weighted by Crippen LogP contribution is -2.49. The van der Waals surface area contributed by atoms with Crippen LogP contribution in [-0.2, 0) is 11.3 Å². The van der Waals surface area contributed by atoms with Gasteiger partial charge in [0, 0.05) is 32.7 Å². The van der Waals surface area contributed by atoms with Crippen LogP contribution in [-0.4, -0.2) is 59.2 Å². The van der Waals surface area contributed by atoms with Crippen molar-refractivity contribution in [3.63, 3.8) is 0 Å². The van der Waals surface area contributed by atoms with Crippen LogP contribution >= 0.6 is 0 Å². The van der Waals surface area contributed by atoms with E-state index >= 15 is 0 Å². The highest BCUT2D eigenvalue weighted by Gasteiger charge is 2.25. The molecule has 1 aliphatic rings. The molecule has 0 radical (unpaired) electrons. The van der Waals surface area contributed by atoms with Crippen LogP contribution in [0.5, 0.6) is 0 Å². The van der Waals surface area contributed by atoms with Gasteiger partial charge in [-0.2, -0.15) is 10.4 Å². The second-order valence-electron chi connectivity index (χ2n) is 7.54. The van der Waals surface area contributed by atoms with Crippen molar-refractivity contribution < 1.29 is 9.53 Å². The van der Waals surface area contributed by atoms with E-state index in [1.54, 1.807) is 11.0 Å². The van der Waals surface area contributed by atoms with E-state index in [-0.39, 0.29) is 17.6 Å². The number of nitrogens with zero attached hydrogens (tertiary/aromatic N) is 4. The third-order valence-electron chi connectivity index (χ3n) is 4.01. The quantitative estimate of drug-likeness (QED) is 0.403. The molecule has 0 aliphatic carbocycles. The molecule has 9 heteroatoms. The van der Waals surface area contributed by atoms with Gasteiger partial charge >= 0.3 is 6.09 Å². The van der Waals surface area contributed by atoms with Crippen LogP contribution < -0.4 is 11.2 Å². The van der Waals surface area contributed by atoms with Crippen molar-refractivity contribution in [3.05, 3.63) is 29.8 Å². The van der Waals surface area contributed by atoms with Gasteiger partial charge in [0.2, 0.25) is 5.71 Å². The van der Waals surface area contributed by atoms with E-state index < -0.39 is 5.60 Å². The number of ether oxygens (including phenoxy) is 1. The third-order valence-corrected chi connectivity index (χ3v) is 4.01. The number of nitrogens with two attached hydrogens (primary N) is 1. The first-order valence-corrected chi connectivity index (χ1v) is 9.05. The Hall–Kier alpha value is -3.12. The maximum atomic E-state index is 12.1. The standard InChI is InChI=1S/C19H27N7O2/c1-19(2,3)28-18(27)26-9-7-25(8-10-26)13-14-5-4-6-15(11-14)23-24-16(12-20)17(21)22/h4-6,11,23H,7-10,13H2,1-3H3,(H3,21,22)/b24-16+. The average molecular weight is 385 g/mol. The topological polar surface area (TPSA) is 131 Å². The number of benzene rings is 1. The molecule has 0 aromatic heterocycles. The number of carbonyl (C=O) groups is 1. The fourth-order valence-electron chi connectivity index (χ4n) is 2.68. The SMILES string of the molecule is CC(C)(C)OC(=O)N1CCN(Cc2cccc(N/N=C(\C#N)C(=N)N)c2)CC1. The van der Waals surface area contributed by atoms with E-state index in [9.17, 15) is 4.79 Å². The third kappa shape index (κ3) is 6.55. The Labute approximate surface area is 165 Å². The summed E-state index contributed by atoms with van der Waals surface area (Å²) in [6.45, 7) is 9.10. The van der Waals surface area contributed by atoms with Crippen LogP contribution in [0.1, 0.15) is 26.3 Å². The number of rotatable bonds is 5. The Morgan fingerprint density at radius 1 is 1.36 bits per heavy atom. The van der Waals surface area contributed by atoms with Crippen LogP contribution in [0, 0.1) is 16.7 Å². The summed E-state index contributed by atoms with van der Waals surface area (Å²) in [4.78, 5) is 16.1. The molecule has 0 atom stereocenters. The lowest BCUT2D eigenvalue weighted by molar-refractivity contribution is 0.0139. The minimum atomic E-state index is -0.488. The molecule has 2 rings (SSSR count). The molecule has 1 heterocycles. The summed E-state index contributed by atoms with van der Waals surface area (Å²) in [5.41, 5.74) is 9.16. The molecular formula is C19H27N7O2. The fraction of sp³-hybridized carbons (Fsp3) is 0.474. The largest absolute Gasteiger partial charge is 0.444 e. The van der Waals surface area contributed by atoms with Gasteiger partial charge in [-0.15, -0.1) is 0 Å². The molecule has 0 bridgehead atoms. The van der Waals surface area contributed by atoms with Gasteiger partial charge in [0.25, 0.3) is 0 Å². The average Bonchev–Trinajstić information content (AvgIpc) is 2.61. The normalized spacial score (nSPS) is 15.6. The zero-order valence-corrected chi connectivity index (χ0v) is 16.5. The van der Waals surface area contributed by atoms with Crippen molar-refractivity contribution in [2.24, 2.45) is 10.8 Å². The number of anilines is 1. The highest BCUT2D eigenvalue weighted by molar-refractivity contribution is 6.45. The predicted molar refractivity (Wildman–Crippen MR) is 108 cm³/mol. The predicted octanol–water partition coefficient (Wildman–Crippen LogP) is 1.97. The Morgan fingerprint density at radius 2 is 2.04 bits per heavy atom. The summed E-state index contributed by atoms with van der Waals surface area (Å²) < 4.78 is 5.42. The molecule has 9 nitrogen and oxygen atoms in total. The van der Waals surface area contributed by atoms with Crippen molar-refractivity contribution in [3.8, 4) is 6.07 Å². The highest BCUT2D eigenvalue weighted by Crippen LogP contribution is 2.16. The van der Waals surface area contributed by atoms with Crippen molar-refractivity contribution in [1.82, 2.24) is 9.80 Å². The van der Waals surface area contributed by atoms with Crippen molar-refractivity contribution in [2.45, 2.75) is 32.9 Å². The molecule has 28 heavy (non-hydrogen) atoms.